The molecule has 4 heterocycles. The average molecular weight is 807 g/mol. The van der Waals surface area contributed by atoms with Crippen molar-refractivity contribution in [3.63, 3.8) is 0 Å². The number of rotatable bonds is 24. The van der Waals surface area contributed by atoms with Gasteiger partial charge < -0.3 is 42.5 Å². The van der Waals surface area contributed by atoms with E-state index in [0.29, 0.717) is 55.2 Å². The van der Waals surface area contributed by atoms with Crippen LogP contribution in [0.5, 0.6) is 0 Å². The molecule has 0 radical (unpaired) electrons. The molecule has 8 amide bonds. The molecule has 0 bridgehead atoms. The fourth-order valence-electron chi connectivity index (χ4n) is 8.79. The summed E-state index contributed by atoms with van der Waals surface area (Å²) in [6, 6.07) is 0.905. The van der Waals surface area contributed by atoms with Gasteiger partial charge in [0.1, 0.15) is 0 Å². The zero-order valence-electron chi connectivity index (χ0n) is 32.7. The Morgan fingerprint density at radius 2 is 0.964 bits per heavy atom. The number of carbonyl (C=O) groups excluding carboxylic acids is 6. The standard InChI is InChI=1S/C39H66N8O6S2/c1-25-20-26(42-34(50)16-4-2-10-18-40-32(48)14-8-6-12-30-36-28(23-54-30)44-38(52)46-36)22-27(21-25)43-35(51)17-5-3-11-19-41-33(49)15-9-7-13-31-37-29(24-55-31)45-39(53)47-37/h25-31,36-37H,2-24H2,1H3,(H,40,48)(H,41,49)(H,42,50)(H,43,51)(H2,44,46,52)(H2,45,47,53). The number of amides is 8. The number of urea groups is 2. The maximum Gasteiger partial charge on any atom is 0.315 e. The van der Waals surface area contributed by atoms with Crippen LogP contribution in [0.2, 0.25) is 0 Å². The summed E-state index contributed by atoms with van der Waals surface area (Å²) in [7, 11) is 0. The van der Waals surface area contributed by atoms with Crippen molar-refractivity contribution in [2.45, 2.75) is 176 Å². The molecule has 0 aromatic heterocycles. The molecule has 14 nitrogen and oxygen atoms in total. The summed E-state index contributed by atoms with van der Waals surface area (Å²) in [5, 5.41) is 25.2. The second-order valence-corrected chi connectivity index (χ2v) is 18.9. The van der Waals surface area contributed by atoms with E-state index >= 15 is 0 Å². The Kier molecular flexibility index (Phi) is 17.9. The fraction of sp³-hybridized carbons (Fsp3) is 0.846. The van der Waals surface area contributed by atoms with Gasteiger partial charge in [-0.15, -0.1) is 0 Å². The molecule has 8 unspecified atom stereocenters. The van der Waals surface area contributed by atoms with Gasteiger partial charge in [-0.3, -0.25) is 19.2 Å². The normalized spacial score (nSPS) is 29.3. The third-order valence-corrected chi connectivity index (χ3v) is 14.7. The highest BCUT2D eigenvalue weighted by Gasteiger charge is 2.43. The molecule has 0 aromatic rings. The van der Waals surface area contributed by atoms with Crippen LogP contribution in [0.25, 0.3) is 0 Å². The lowest BCUT2D eigenvalue weighted by atomic mass is 9.83. The van der Waals surface area contributed by atoms with Crippen molar-refractivity contribution < 1.29 is 28.8 Å². The van der Waals surface area contributed by atoms with Crippen LogP contribution >= 0.6 is 23.5 Å². The predicted octanol–water partition coefficient (Wildman–Crippen LogP) is 3.58. The Labute approximate surface area is 335 Å². The van der Waals surface area contributed by atoms with E-state index in [9.17, 15) is 28.8 Å². The Balaban J connectivity index is 0.803. The lowest BCUT2D eigenvalue weighted by molar-refractivity contribution is -0.123. The second-order valence-electron chi connectivity index (χ2n) is 16.4. The molecule has 0 aromatic carbocycles. The number of fused-ring (bicyclic) bond motifs is 2. The molecule has 4 saturated heterocycles. The number of hydrogen-bond acceptors (Lipinski definition) is 8. The van der Waals surface area contributed by atoms with E-state index in [1.165, 1.54) is 0 Å². The number of hydrogen-bond donors (Lipinski definition) is 8. The highest BCUT2D eigenvalue weighted by Crippen LogP contribution is 2.34. The summed E-state index contributed by atoms with van der Waals surface area (Å²) in [4.78, 5) is 73.0. The Morgan fingerprint density at radius 3 is 1.42 bits per heavy atom. The van der Waals surface area contributed by atoms with Crippen LogP contribution in [0.1, 0.15) is 129 Å². The summed E-state index contributed by atoms with van der Waals surface area (Å²) in [5.41, 5.74) is 0. The minimum Gasteiger partial charge on any atom is -0.356 e. The first-order valence-electron chi connectivity index (χ1n) is 21.1. The van der Waals surface area contributed by atoms with Gasteiger partial charge in [-0.05, 0) is 76.5 Å². The van der Waals surface area contributed by atoms with Crippen LogP contribution < -0.4 is 42.5 Å². The molecule has 55 heavy (non-hydrogen) atoms. The molecule has 1 aliphatic carbocycles. The summed E-state index contributed by atoms with van der Waals surface area (Å²) >= 11 is 3.81. The van der Waals surface area contributed by atoms with Gasteiger partial charge in [-0.25, -0.2) is 9.59 Å². The van der Waals surface area contributed by atoms with Crippen LogP contribution in [0.4, 0.5) is 9.59 Å². The number of thioether (sulfide) groups is 2. The third kappa shape index (κ3) is 14.9. The molecule has 5 fully saturated rings. The predicted molar refractivity (Wildman–Crippen MR) is 218 cm³/mol. The Bertz CT molecular complexity index is 1220. The van der Waals surface area contributed by atoms with Gasteiger partial charge in [0.2, 0.25) is 23.6 Å². The van der Waals surface area contributed by atoms with Gasteiger partial charge in [0, 0.05) is 72.9 Å². The van der Waals surface area contributed by atoms with Crippen LogP contribution in [-0.2, 0) is 19.2 Å². The molecule has 16 heteroatoms. The summed E-state index contributed by atoms with van der Waals surface area (Å²) in [5.74, 6) is 2.59. The van der Waals surface area contributed by atoms with Crippen LogP contribution in [0.15, 0.2) is 0 Å². The van der Waals surface area contributed by atoms with Gasteiger partial charge in [0.05, 0.1) is 24.2 Å². The topological polar surface area (TPSA) is 199 Å². The smallest absolute Gasteiger partial charge is 0.315 e. The maximum atomic E-state index is 12.7. The molecule has 4 aliphatic heterocycles. The van der Waals surface area contributed by atoms with Gasteiger partial charge in [0.15, 0.2) is 0 Å². The summed E-state index contributed by atoms with van der Waals surface area (Å²) < 4.78 is 0. The van der Waals surface area contributed by atoms with Crippen molar-refractivity contribution in [3.8, 4) is 0 Å². The lowest BCUT2D eigenvalue weighted by Gasteiger charge is -2.34. The van der Waals surface area contributed by atoms with Gasteiger partial charge in [-0.1, -0.05) is 32.6 Å². The van der Waals surface area contributed by atoms with Crippen molar-refractivity contribution in [1.82, 2.24) is 42.5 Å². The third-order valence-electron chi connectivity index (χ3n) is 11.6. The highest BCUT2D eigenvalue weighted by atomic mass is 32.2. The van der Waals surface area contributed by atoms with Crippen molar-refractivity contribution in [1.29, 1.82) is 0 Å². The van der Waals surface area contributed by atoms with Gasteiger partial charge in [0.25, 0.3) is 0 Å². The molecular weight excluding hydrogens is 741 g/mol. The summed E-state index contributed by atoms with van der Waals surface area (Å²) in [6.45, 7) is 3.43. The Morgan fingerprint density at radius 1 is 0.545 bits per heavy atom. The molecule has 310 valence electrons. The van der Waals surface area contributed by atoms with E-state index in [1.54, 1.807) is 0 Å². The SMILES string of the molecule is CC1CC(NC(=O)CCCCCNC(=O)CCCCC2SCC3NC(=O)NC32)CC(NC(=O)CCCCCNC(=O)CCCCC2SCC3NC(=O)NC32)C1. The quantitative estimate of drug-likeness (QED) is 0.0535. The van der Waals surface area contributed by atoms with E-state index in [2.05, 4.69) is 49.5 Å². The molecule has 5 rings (SSSR count). The van der Waals surface area contributed by atoms with E-state index in [4.69, 9.17) is 0 Å². The largest absolute Gasteiger partial charge is 0.356 e. The van der Waals surface area contributed by atoms with Gasteiger partial charge in [-0.2, -0.15) is 23.5 Å². The van der Waals surface area contributed by atoms with Crippen LogP contribution in [0, 0.1) is 5.92 Å². The molecule has 1 saturated carbocycles. The Hall–Kier alpha value is -2.88. The van der Waals surface area contributed by atoms with Crippen molar-refractivity contribution in [3.05, 3.63) is 0 Å². The lowest BCUT2D eigenvalue weighted by Crippen LogP contribution is -2.47. The first-order valence-corrected chi connectivity index (χ1v) is 23.2. The molecule has 8 N–H and O–H groups in total. The zero-order valence-corrected chi connectivity index (χ0v) is 34.4. The molecular formula is C39H66N8O6S2. The number of nitrogens with one attached hydrogen (secondary N) is 8. The monoisotopic (exact) mass is 806 g/mol. The summed E-state index contributed by atoms with van der Waals surface area (Å²) in [6.07, 6.45) is 15.2. The zero-order chi connectivity index (χ0) is 39.0. The number of unbranched alkanes of at least 4 members (excludes halogenated alkanes) is 6. The van der Waals surface area contributed by atoms with E-state index in [-0.39, 0.29) is 71.9 Å². The first-order chi connectivity index (χ1) is 26.6. The van der Waals surface area contributed by atoms with Crippen molar-refractivity contribution in [2.24, 2.45) is 5.92 Å². The van der Waals surface area contributed by atoms with Gasteiger partial charge >= 0.3 is 12.1 Å². The maximum absolute atomic E-state index is 12.7. The second kappa shape index (κ2) is 22.8. The number of carbonyl (C=O) groups is 6. The van der Waals surface area contributed by atoms with Crippen molar-refractivity contribution >= 4 is 59.2 Å². The first kappa shape index (κ1) is 43.2. The highest BCUT2D eigenvalue weighted by molar-refractivity contribution is 8.00. The van der Waals surface area contributed by atoms with E-state index in [1.807, 2.05) is 23.5 Å². The fourth-order valence-corrected chi connectivity index (χ4v) is 11.9. The van der Waals surface area contributed by atoms with E-state index < -0.39 is 0 Å². The van der Waals surface area contributed by atoms with Crippen LogP contribution in [-0.4, -0.2) is 107 Å². The van der Waals surface area contributed by atoms with Crippen molar-refractivity contribution in [2.75, 3.05) is 24.6 Å². The average Bonchev–Trinajstić information content (AvgIpc) is 3.90. The van der Waals surface area contributed by atoms with E-state index in [0.717, 1.165) is 108 Å². The minimum atomic E-state index is -0.0631. The molecule has 5 aliphatic rings. The van der Waals surface area contributed by atoms with Crippen LogP contribution in [0.3, 0.4) is 0 Å². The minimum absolute atomic E-state index is 0.0549. The molecule has 8 atom stereocenters. The molecule has 0 spiro atoms.